The van der Waals surface area contributed by atoms with Crippen LogP contribution >= 0.6 is 0 Å². The second kappa shape index (κ2) is 8.73. The molecule has 0 saturated carbocycles. The zero-order valence-corrected chi connectivity index (χ0v) is 16.2. The lowest BCUT2D eigenvalue weighted by Crippen LogP contribution is -2.35. The summed E-state index contributed by atoms with van der Waals surface area (Å²) in [6, 6.07) is 19.1. The van der Waals surface area contributed by atoms with E-state index < -0.39 is 5.97 Å². The van der Waals surface area contributed by atoms with Gasteiger partial charge in [-0.25, -0.2) is 9.78 Å². The quantitative estimate of drug-likeness (QED) is 0.653. The van der Waals surface area contributed by atoms with Gasteiger partial charge >= 0.3 is 5.97 Å². The summed E-state index contributed by atoms with van der Waals surface area (Å²) < 4.78 is 0. The molecule has 6 nitrogen and oxygen atoms in total. The van der Waals surface area contributed by atoms with Gasteiger partial charge in [-0.3, -0.25) is 0 Å². The van der Waals surface area contributed by atoms with Crippen LogP contribution in [0.1, 0.15) is 28.8 Å². The second-order valence-electron chi connectivity index (χ2n) is 7.37. The number of benzene rings is 2. The van der Waals surface area contributed by atoms with E-state index in [1.807, 2.05) is 6.07 Å². The van der Waals surface area contributed by atoms with E-state index in [0.29, 0.717) is 23.4 Å². The van der Waals surface area contributed by atoms with Gasteiger partial charge in [-0.15, -0.1) is 0 Å². The summed E-state index contributed by atoms with van der Waals surface area (Å²) >= 11 is 0. The molecule has 29 heavy (non-hydrogen) atoms. The van der Waals surface area contributed by atoms with Crippen LogP contribution in [0.15, 0.2) is 66.9 Å². The highest BCUT2D eigenvalue weighted by atomic mass is 16.4. The van der Waals surface area contributed by atoms with Crippen LogP contribution in [-0.4, -0.2) is 34.1 Å². The number of carbonyl (C=O) groups is 1. The van der Waals surface area contributed by atoms with Crippen LogP contribution in [0.4, 0.5) is 17.5 Å². The average Bonchev–Trinajstić information content (AvgIpc) is 2.75. The van der Waals surface area contributed by atoms with Gasteiger partial charge in [0.2, 0.25) is 5.95 Å². The first kappa shape index (κ1) is 18.9. The molecule has 148 valence electrons. The summed E-state index contributed by atoms with van der Waals surface area (Å²) in [5.74, 6) is 1.11. The van der Waals surface area contributed by atoms with Crippen molar-refractivity contribution in [2.75, 3.05) is 23.3 Å². The minimum atomic E-state index is -0.949. The Morgan fingerprint density at radius 2 is 1.86 bits per heavy atom. The lowest BCUT2D eigenvalue weighted by molar-refractivity contribution is 0.0697. The monoisotopic (exact) mass is 388 g/mol. The van der Waals surface area contributed by atoms with E-state index in [-0.39, 0.29) is 5.56 Å². The van der Waals surface area contributed by atoms with Gasteiger partial charge in [-0.05, 0) is 55.0 Å². The molecular weight excluding hydrogens is 364 g/mol. The van der Waals surface area contributed by atoms with E-state index in [2.05, 4.69) is 50.5 Å². The van der Waals surface area contributed by atoms with Crippen LogP contribution in [-0.2, 0) is 6.42 Å². The lowest BCUT2D eigenvalue weighted by Gasteiger charge is -2.32. The Balaban J connectivity index is 1.38. The molecule has 2 heterocycles. The van der Waals surface area contributed by atoms with Crippen LogP contribution in [0, 0.1) is 5.92 Å². The van der Waals surface area contributed by atoms with Crippen LogP contribution in [0.3, 0.4) is 0 Å². The smallest absolute Gasteiger partial charge is 0.335 e. The van der Waals surface area contributed by atoms with Gasteiger partial charge in [-0.1, -0.05) is 36.4 Å². The Bertz CT molecular complexity index is 969. The summed E-state index contributed by atoms with van der Waals surface area (Å²) in [7, 11) is 0. The third-order valence-electron chi connectivity index (χ3n) is 5.29. The molecule has 1 saturated heterocycles. The minimum absolute atomic E-state index is 0.241. The van der Waals surface area contributed by atoms with Crippen molar-refractivity contribution in [3.63, 3.8) is 0 Å². The SMILES string of the molecule is O=C(O)c1cccc(Nc2ccnc(N3CCC(Cc4ccccc4)CC3)n2)c1. The van der Waals surface area contributed by atoms with Gasteiger partial charge in [0.05, 0.1) is 5.56 Å². The van der Waals surface area contributed by atoms with Crippen molar-refractivity contribution in [2.24, 2.45) is 5.92 Å². The van der Waals surface area contributed by atoms with E-state index >= 15 is 0 Å². The van der Waals surface area contributed by atoms with Gasteiger partial charge in [0.15, 0.2) is 0 Å². The van der Waals surface area contributed by atoms with Crippen LogP contribution in [0.5, 0.6) is 0 Å². The average molecular weight is 388 g/mol. The molecule has 0 atom stereocenters. The van der Waals surface area contributed by atoms with Crippen molar-refractivity contribution < 1.29 is 9.90 Å². The fourth-order valence-corrected chi connectivity index (χ4v) is 3.73. The number of hydrogen-bond acceptors (Lipinski definition) is 5. The van der Waals surface area contributed by atoms with Crippen molar-refractivity contribution >= 4 is 23.4 Å². The Kier molecular flexibility index (Phi) is 5.70. The number of piperidine rings is 1. The molecular formula is C23H24N4O2. The van der Waals surface area contributed by atoms with Crippen molar-refractivity contribution in [3.05, 3.63) is 78.0 Å². The van der Waals surface area contributed by atoms with Crippen LogP contribution in [0.25, 0.3) is 0 Å². The first-order valence-corrected chi connectivity index (χ1v) is 9.90. The molecule has 0 spiro atoms. The largest absolute Gasteiger partial charge is 0.478 e. The molecule has 1 aromatic heterocycles. The highest BCUT2D eigenvalue weighted by molar-refractivity contribution is 5.89. The Morgan fingerprint density at radius 1 is 1.07 bits per heavy atom. The predicted octanol–water partition coefficient (Wildman–Crippen LogP) is 4.38. The molecule has 1 aliphatic heterocycles. The number of anilines is 3. The fraction of sp³-hybridized carbons (Fsp3) is 0.261. The number of aromatic nitrogens is 2. The maximum Gasteiger partial charge on any atom is 0.335 e. The number of hydrogen-bond donors (Lipinski definition) is 2. The molecule has 3 aromatic rings. The molecule has 0 amide bonds. The third kappa shape index (κ3) is 4.90. The minimum Gasteiger partial charge on any atom is -0.478 e. The molecule has 2 aromatic carbocycles. The third-order valence-corrected chi connectivity index (χ3v) is 5.29. The van der Waals surface area contributed by atoms with Gasteiger partial charge in [0.1, 0.15) is 5.82 Å². The number of carboxylic acids is 1. The molecule has 0 radical (unpaired) electrons. The molecule has 0 aliphatic carbocycles. The fourth-order valence-electron chi connectivity index (χ4n) is 3.73. The Labute approximate surface area is 170 Å². The maximum atomic E-state index is 11.1. The highest BCUT2D eigenvalue weighted by Crippen LogP contribution is 2.25. The van der Waals surface area contributed by atoms with Crippen molar-refractivity contribution in [2.45, 2.75) is 19.3 Å². The van der Waals surface area contributed by atoms with Gasteiger partial charge in [0, 0.05) is 25.0 Å². The highest BCUT2D eigenvalue weighted by Gasteiger charge is 2.21. The predicted molar refractivity (Wildman–Crippen MR) is 114 cm³/mol. The van der Waals surface area contributed by atoms with Gasteiger partial charge in [-0.2, -0.15) is 4.98 Å². The second-order valence-corrected chi connectivity index (χ2v) is 7.37. The summed E-state index contributed by atoms with van der Waals surface area (Å²) in [6.07, 6.45) is 5.10. The van der Waals surface area contributed by atoms with E-state index in [4.69, 9.17) is 5.11 Å². The van der Waals surface area contributed by atoms with Crippen molar-refractivity contribution in [3.8, 4) is 0 Å². The van der Waals surface area contributed by atoms with Crippen molar-refractivity contribution in [1.29, 1.82) is 0 Å². The Morgan fingerprint density at radius 3 is 2.62 bits per heavy atom. The van der Waals surface area contributed by atoms with E-state index in [0.717, 1.165) is 32.4 Å². The number of nitrogens with one attached hydrogen (secondary N) is 1. The Hall–Kier alpha value is -3.41. The van der Waals surface area contributed by atoms with Gasteiger partial charge in [0.25, 0.3) is 0 Å². The molecule has 6 heteroatoms. The number of carboxylic acid groups (broad SMARTS) is 1. The summed E-state index contributed by atoms with van der Waals surface area (Å²) in [4.78, 5) is 22.4. The first-order valence-electron chi connectivity index (χ1n) is 9.90. The number of nitrogens with zero attached hydrogens (tertiary/aromatic N) is 3. The van der Waals surface area contributed by atoms with Crippen LogP contribution < -0.4 is 10.2 Å². The normalized spacial score (nSPS) is 14.6. The van der Waals surface area contributed by atoms with E-state index in [1.165, 1.54) is 5.56 Å². The molecule has 1 fully saturated rings. The zero-order chi connectivity index (χ0) is 20.1. The van der Waals surface area contributed by atoms with E-state index in [1.54, 1.807) is 30.5 Å². The molecule has 2 N–H and O–H groups in total. The maximum absolute atomic E-state index is 11.1. The number of rotatable bonds is 6. The van der Waals surface area contributed by atoms with Crippen LogP contribution in [0.2, 0.25) is 0 Å². The summed E-state index contributed by atoms with van der Waals surface area (Å²) in [6.45, 7) is 1.88. The summed E-state index contributed by atoms with van der Waals surface area (Å²) in [5.41, 5.74) is 2.33. The zero-order valence-electron chi connectivity index (χ0n) is 16.2. The first-order chi connectivity index (χ1) is 14.2. The lowest BCUT2D eigenvalue weighted by atomic mass is 9.90. The molecule has 0 unspecified atom stereocenters. The molecule has 0 bridgehead atoms. The topological polar surface area (TPSA) is 78.3 Å². The molecule has 4 rings (SSSR count). The summed E-state index contributed by atoms with van der Waals surface area (Å²) in [5, 5.41) is 12.3. The van der Waals surface area contributed by atoms with Crippen molar-refractivity contribution in [1.82, 2.24) is 9.97 Å². The number of aromatic carboxylic acids is 1. The molecule has 1 aliphatic rings. The van der Waals surface area contributed by atoms with Gasteiger partial charge < -0.3 is 15.3 Å². The standard InChI is InChI=1S/C23H24N4O2/c28-22(29)19-7-4-8-20(16-19)25-21-9-12-24-23(26-21)27-13-10-18(11-14-27)15-17-5-2-1-3-6-17/h1-9,12,16,18H,10-11,13-15H2,(H,28,29)(H,24,25,26). The van der Waals surface area contributed by atoms with E-state index in [9.17, 15) is 4.79 Å².